The van der Waals surface area contributed by atoms with Crippen LogP contribution in [0.25, 0.3) is 11.1 Å². The highest BCUT2D eigenvalue weighted by molar-refractivity contribution is 7.72. The van der Waals surface area contributed by atoms with Gasteiger partial charge in [0.25, 0.3) is 0 Å². The summed E-state index contributed by atoms with van der Waals surface area (Å²) in [5, 5.41) is 0.883. The van der Waals surface area contributed by atoms with Crippen LogP contribution in [-0.4, -0.2) is 0 Å². The molecule has 0 aliphatic carbocycles. The molecule has 4 nitrogen and oxygen atoms in total. The summed E-state index contributed by atoms with van der Waals surface area (Å²) in [5.41, 5.74) is 4.15. The van der Waals surface area contributed by atoms with Gasteiger partial charge in [0.1, 0.15) is 0 Å². The van der Waals surface area contributed by atoms with Crippen LogP contribution in [0.3, 0.4) is 0 Å². The number of hydrogen-bond donors (Lipinski definition) is 0. The monoisotopic (exact) mass is 481 g/mol. The molecule has 3 rings (SSSR count). The Labute approximate surface area is 198 Å². The van der Waals surface area contributed by atoms with E-state index in [4.69, 9.17) is 0 Å². The van der Waals surface area contributed by atoms with E-state index < -0.39 is 15.7 Å². The van der Waals surface area contributed by atoms with Crippen LogP contribution in [0.1, 0.15) is 58.2 Å². The number of benzene rings is 3. The molecule has 0 aliphatic heterocycles. The van der Waals surface area contributed by atoms with Crippen LogP contribution in [-0.2, 0) is 15.4 Å². The van der Waals surface area contributed by atoms with Crippen LogP contribution in [0.2, 0.25) is 0 Å². The number of aryl methyl sites for hydroxylation is 1. The molecule has 0 aliphatic rings. The summed E-state index contributed by atoms with van der Waals surface area (Å²) in [6.07, 6.45) is 0. The zero-order valence-electron chi connectivity index (χ0n) is 20.3. The lowest BCUT2D eigenvalue weighted by Gasteiger charge is -2.34. The predicted octanol–water partition coefficient (Wildman–Crippen LogP) is 3.50. The van der Waals surface area contributed by atoms with Gasteiger partial charge in [-0.15, -0.1) is 0 Å². The van der Waals surface area contributed by atoms with Gasteiger partial charge >= 0.3 is 0 Å². The molecule has 0 saturated carbocycles. The molecule has 0 spiro atoms. The molecule has 0 bridgehead atoms. The SMILES string of the molecule is Cc1cc(P(=O)([O-])c2ccc(-c3ccc(P([O-])[O-])cc3)cc2)c(C(C)(C)C)cc1C(C)(C)C. The van der Waals surface area contributed by atoms with Crippen molar-refractivity contribution in [2.75, 3.05) is 0 Å². The topological polar surface area (TPSA) is 86.2 Å². The third kappa shape index (κ3) is 5.48. The van der Waals surface area contributed by atoms with Crippen LogP contribution >= 0.6 is 15.7 Å². The minimum atomic E-state index is -4.09. The molecule has 33 heavy (non-hydrogen) atoms. The smallest absolute Gasteiger partial charge is 0.0723 e. The van der Waals surface area contributed by atoms with E-state index in [9.17, 15) is 19.2 Å². The van der Waals surface area contributed by atoms with Crippen molar-refractivity contribution in [1.82, 2.24) is 0 Å². The minimum Gasteiger partial charge on any atom is -0.838 e. The maximum Gasteiger partial charge on any atom is 0.0723 e. The van der Waals surface area contributed by atoms with Crippen molar-refractivity contribution in [1.29, 1.82) is 0 Å². The Kier molecular flexibility index (Phi) is 7.12. The second-order valence-electron chi connectivity index (χ2n) is 10.6. The minimum absolute atomic E-state index is 0.0912. The highest BCUT2D eigenvalue weighted by atomic mass is 31.2. The lowest BCUT2D eigenvalue weighted by molar-refractivity contribution is -0.287. The van der Waals surface area contributed by atoms with E-state index in [0.29, 0.717) is 5.30 Å². The number of hydrogen-bond acceptors (Lipinski definition) is 4. The zero-order chi connectivity index (χ0) is 24.8. The Bertz CT molecular complexity index is 1180. The van der Waals surface area contributed by atoms with Crippen LogP contribution in [0.15, 0.2) is 60.7 Å². The Morgan fingerprint density at radius 1 is 0.727 bits per heavy atom. The van der Waals surface area contributed by atoms with Crippen molar-refractivity contribution in [3.8, 4) is 11.1 Å². The summed E-state index contributed by atoms with van der Waals surface area (Å²) >= 11 is 0. The third-order valence-corrected chi connectivity index (χ3v) is 8.60. The quantitative estimate of drug-likeness (QED) is 0.534. The van der Waals surface area contributed by atoms with Gasteiger partial charge in [-0.25, -0.2) is 0 Å². The second-order valence-corrected chi connectivity index (χ2v) is 13.7. The van der Waals surface area contributed by atoms with Crippen LogP contribution in [0.5, 0.6) is 0 Å². The van der Waals surface area contributed by atoms with E-state index in [1.165, 1.54) is 0 Å². The molecular formula is C27H31O4P2-3. The highest BCUT2D eigenvalue weighted by Crippen LogP contribution is 2.41. The van der Waals surface area contributed by atoms with E-state index >= 15 is 0 Å². The van der Waals surface area contributed by atoms with Crippen molar-refractivity contribution in [3.05, 3.63) is 77.4 Å². The van der Waals surface area contributed by atoms with Crippen LogP contribution in [0.4, 0.5) is 0 Å². The van der Waals surface area contributed by atoms with Crippen LogP contribution in [0, 0.1) is 6.92 Å². The molecule has 6 heteroatoms. The molecule has 0 fully saturated rings. The molecule has 0 heterocycles. The van der Waals surface area contributed by atoms with E-state index in [0.717, 1.165) is 27.8 Å². The zero-order valence-corrected chi connectivity index (χ0v) is 22.1. The van der Waals surface area contributed by atoms with Crippen molar-refractivity contribution in [2.45, 2.75) is 59.3 Å². The van der Waals surface area contributed by atoms with Crippen LogP contribution < -0.4 is 30.6 Å². The molecular weight excluding hydrogens is 450 g/mol. The molecule has 3 aromatic rings. The summed E-state index contributed by atoms with van der Waals surface area (Å²) in [6.45, 7) is 14.5. The maximum absolute atomic E-state index is 13.7. The average Bonchev–Trinajstić information content (AvgIpc) is 2.72. The van der Waals surface area contributed by atoms with Gasteiger partial charge in [0.05, 0.1) is 7.37 Å². The molecule has 176 valence electrons. The Hall–Kier alpha value is -1.80. The Morgan fingerprint density at radius 2 is 1.18 bits per heavy atom. The van der Waals surface area contributed by atoms with Gasteiger partial charge in [-0.3, -0.25) is 8.38 Å². The fourth-order valence-electron chi connectivity index (χ4n) is 4.11. The lowest BCUT2D eigenvalue weighted by Crippen LogP contribution is -2.33. The van der Waals surface area contributed by atoms with Gasteiger partial charge in [-0.05, 0) is 51.6 Å². The van der Waals surface area contributed by atoms with Gasteiger partial charge < -0.3 is 19.2 Å². The summed E-state index contributed by atoms with van der Waals surface area (Å²) < 4.78 is 13.7. The second kappa shape index (κ2) is 9.10. The van der Waals surface area contributed by atoms with Crippen molar-refractivity contribution >= 4 is 31.7 Å². The summed E-state index contributed by atoms with van der Waals surface area (Å²) in [6, 6.07) is 17.2. The van der Waals surface area contributed by atoms with Gasteiger partial charge in [0.15, 0.2) is 0 Å². The first kappa shape index (κ1) is 25.8. The van der Waals surface area contributed by atoms with Crippen molar-refractivity contribution in [2.24, 2.45) is 0 Å². The summed E-state index contributed by atoms with van der Waals surface area (Å²) in [5.74, 6) is 0. The lowest BCUT2D eigenvalue weighted by atomic mass is 9.79. The first-order valence-corrected chi connectivity index (χ1v) is 13.8. The maximum atomic E-state index is 13.7. The van der Waals surface area contributed by atoms with Gasteiger partial charge in [0.2, 0.25) is 0 Å². The fraction of sp³-hybridized carbons (Fsp3) is 0.333. The molecule has 0 radical (unpaired) electrons. The van der Waals surface area contributed by atoms with E-state index in [1.54, 1.807) is 48.5 Å². The third-order valence-electron chi connectivity index (χ3n) is 5.89. The van der Waals surface area contributed by atoms with E-state index in [2.05, 4.69) is 26.8 Å². The van der Waals surface area contributed by atoms with Crippen molar-refractivity contribution < 1.29 is 19.2 Å². The fourth-order valence-corrected chi connectivity index (χ4v) is 6.40. The van der Waals surface area contributed by atoms with Gasteiger partial charge in [-0.2, -0.15) is 0 Å². The Balaban J connectivity index is 2.07. The van der Waals surface area contributed by atoms with Gasteiger partial charge in [0, 0.05) is 10.6 Å². The summed E-state index contributed by atoms with van der Waals surface area (Å²) in [7, 11) is -6.72. The predicted molar refractivity (Wildman–Crippen MR) is 134 cm³/mol. The standard InChI is InChI=1S/C27H32O4P2/c1-18-16-25(24(27(5,6)7)17-23(18)26(2,3)4)33(30,31)22-14-10-20(11-15-22)19-8-12-21(13-9-19)32(28)29/h8-17H,1-7H3,(H,30,31)/q-2/p-1. The molecule has 0 saturated heterocycles. The molecule has 0 amide bonds. The molecule has 1 atom stereocenters. The highest BCUT2D eigenvalue weighted by Gasteiger charge is 2.28. The normalized spacial score (nSPS) is 14.4. The van der Waals surface area contributed by atoms with Gasteiger partial charge in [-0.1, -0.05) is 101 Å². The van der Waals surface area contributed by atoms with E-state index in [-0.39, 0.29) is 21.4 Å². The first-order chi connectivity index (χ1) is 15.1. The number of rotatable bonds is 4. The largest absolute Gasteiger partial charge is 0.838 e. The average molecular weight is 481 g/mol. The van der Waals surface area contributed by atoms with E-state index in [1.807, 2.05) is 33.8 Å². The molecule has 1 unspecified atom stereocenters. The molecule has 0 aromatic heterocycles. The molecule has 3 aromatic carbocycles. The van der Waals surface area contributed by atoms with Crippen molar-refractivity contribution in [3.63, 3.8) is 0 Å². The molecule has 0 N–H and O–H groups in total. The first-order valence-electron chi connectivity index (χ1n) is 10.9. The Morgan fingerprint density at radius 3 is 1.61 bits per heavy atom. The summed E-state index contributed by atoms with van der Waals surface area (Å²) in [4.78, 5) is 36.0.